The van der Waals surface area contributed by atoms with Crippen molar-refractivity contribution in [3.8, 4) is 0 Å². The van der Waals surface area contributed by atoms with E-state index in [-0.39, 0.29) is 27.9 Å². The number of non-ortho nitro benzene ring substituents is 1. The lowest BCUT2D eigenvalue weighted by Crippen LogP contribution is -2.48. The first-order valence-electron chi connectivity index (χ1n) is 13.6. The maximum absolute atomic E-state index is 12.7. The molecule has 1 saturated heterocycles. The van der Waals surface area contributed by atoms with Crippen LogP contribution in [0.3, 0.4) is 0 Å². The van der Waals surface area contributed by atoms with E-state index in [4.69, 9.17) is 0 Å². The molecule has 5 rings (SSSR count). The number of carbonyl (C=O) groups excluding carboxylic acids is 1. The van der Waals surface area contributed by atoms with Gasteiger partial charge in [-0.2, -0.15) is 0 Å². The largest absolute Gasteiger partial charge is 0.350 e. The van der Waals surface area contributed by atoms with E-state index in [1.165, 1.54) is 5.56 Å². The Labute approximate surface area is 229 Å². The van der Waals surface area contributed by atoms with Gasteiger partial charge in [0.15, 0.2) is 0 Å². The van der Waals surface area contributed by atoms with Crippen LogP contribution >= 0.6 is 0 Å². The van der Waals surface area contributed by atoms with Crippen LogP contribution in [0.5, 0.6) is 0 Å². The number of likely N-dealkylation sites (tertiary alicyclic amines) is 1. The van der Waals surface area contributed by atoms with E-state index in [0.29, 0.717) is 18.2 Å². The Morgan fingerprint density at radius 3 is 2.41 bits per heavy atom. The molecule has 39 heavy (non-hydrogen) atoms. The lowest BCUT2D eigenvalue weighted by atomic mass is 9.62. The van der Waals surface area contributed by atoms with Crippen molar-refractivity contribution in [2.45, 2.75) is 30.6 Å². The first kappa shape index (κ1) is 26.5. The number of carbonyl (C=O) groups is 1. The van der Waals surface area contributed by atoms with Gasteiger partial charge in [-0.05, 0) is 61.5 Å². The maximum Gasteiger partial charge on any atom is 0.269 e. The molecule has 2 heterocycles. The zero-order chi connectivity index (χ0) is 27.1. The molecule has 1 aromatic heterocycles. The van der Waals surface area contributed by atoms with Crippen LogP contribution < -0.4 is 5.32 Å². The summed E-state index contributed by atoms with van der Waals surface area (Å²) in [4.78, 5) is 30.2. The fourth-order valence-corrected chi connectivity index (χ4v) is 6.04. The average Bonchev–Trinajstić information content (AvgIpc) is 3.01. The first-order valence-corrected chi connectivity index (χ1v) is 13.6. The summed E-state index contributed by atoms with van der Waals surface area (Å²) >= 11 is 0. The molecule has 3 aromatic rings. The summed E-state index contributed by atoms with van der Waals surface area (Å²) in [5.41, 5.74) is 2.91. The second kappa shape index (κ2) is 12.2. The Morgan fingerprint density at radius 2 is 1.77 bits per heavy atom. The van der Waals surface area contributed by atoms with Gasteiger partial charge in [-0.1, -0.05) is 72.8 Å². The maximum atomic E-state index is 12.7. The number of hydrogen-bond acceptors (Lipinski definition) is 5. The van der Waals surface area contributed by atoms with Gasteiger partial charge in [0.1, 0.15) is 5.69 Å². The van der Waals surface area contributed by atoms with Gasteiger partial charge < -0.3 is 10.2 Å². The number of benzene rings is 2. The summed E-state index contributed by atoms with van der Waals surface area (Å²) in [6.07, 6.45) is 13.7. The van der Waals surface area contributed by atoms with E-state index in [0.717, 1.165) is 44.5 Å². The van der Waals surface area contributed by atoms with E-state index in [1.807, 2.05) is 12.1 Å². The number of amides is 1. The van der Waals surface area contributed by atoms with Gasteiger partial charge in [-0.25, -0.2) is 0 Å². The highest BCUT2D eigenvalue weighted by Gasteiger charge is 2.41. The number of nitrogens with one attached hydrogen (secondary N) is 1. The van der Waals surface area contributed by atoms with Gasteiger partial charge in [-0.3, -0.25) is 19.9 Å². The predicted molar refractivity (Wildman–Crippen MR) is 153 cm³/mol. The van der Waals surface area contributed by atoms with Crippen LogP contribution in [-0.4, -0.2) is 46.9 Å². The molecule has 1 aliphatic heterocycles. The van der Waals surface area contributed by atoms with Crippen molar-refractivity contribution in [2.75, 3.05) is 26.2 Å². The quantitative estimate of drug-likeness (QED) is 0.289. The molecule has 200 valence electrons. The second-order valence-corrected chi connectivity index (χ2v) is 10.4. The number of allylic oxidation sites excluding steroid dienone is 4. The van der Waals surface area contributed by atoms with Crippen LogP contribution in [0.2, 0.25) is 0 Å². The zero-order valence-electron chi connectivity index (χ0n) is 22.0. The van der Waals surface area contributed by atoms with E-state index in [1.54, 1.807) is 36.5 Å². The highest BCUT2D eigenvalue weighted by atomic mass is 16.6. The molecule has 0 radical (unpaired) electrons. The molecular weight excluding hydrogens is 488 g/mol. The van der Waals surface area contributed by atoms with E-state index >= 15 is 0 Å². The van der Waals surface area contributed by atoms with Crippen molar-refractivity contribution in [2.24, 2.45) is 5.92 Å². The van der Waals surface area contributed by atoms with Gasteiger partial charge in [0, 0.05) is 42.8 Å². The number of nitrogens with zero attached hydrogens (tertiary/aromatic N) is 3. The van der Waals surface area contributed by atoms with Crippen molar-refractivity contribution >= 4 is 11.6 Å². The molecule has 1 N–H and O–H groups in total. The Hall–Kier alpha value is -4.10. The zero-order valence-corrected chi connectivity index (χ0v) is 22.0. The molecule has 1 amide bonds. The van der Waals surface area contributed by atoms with Crippen LogP contribution in [0.1, 0.15) is 46.8 Å². The average molecular weight is 523 g/mol. The van der Waals surface area contributed by atoms with Crippen molar-refractivity contribution in [1.29, 1.82) is 0 Å². The molecule has 2 aliphatic rings. The third-order valence-electron chi connectivity index (χ3n) is 8.25. The fourth-order valence-electron chi connectivity index (χ4n) is 6.04. The SMILES string of the molecule is O=C(NCC(CN1CCC(c2ccccc2)(C2C=CC=CC2)CC1)c1ccc([N+](=O)[O-])cc1)c1ccccn1. The standard InChI is InChI=1S/C32H34N4O3/c37-31(30-13-7-8-20-33-30)34-23-26(25-14-16-29(17-15-25)36(38)39)24-35-21-18-32(19-22-35,27-9-3-1-4-10-27)28-11-5-2-6-12-28/h1-11,13-17,20,26,28H,12,18-19,21-24H2,(H,34,37). The number of nitro benzene ring substituents is 1. The molecule has 1 fully saturated rings. The first-order chi connectivity index (χ1) is 19.0. The molecular formula is C32H34N4O3. The third-order valence-corrected chi connectivity index (χ3v) is 8.25. The van der Waals surface area contributed by atoms with Gasteiger partial charge in [0.25, 0.3) is 11.6 Å². The lowest BCUT2D eigenvalue weighted by Gasteiger charge is -2.47. The lowest BCUT2D eigenvalue weighted by molar-refractivity contribution is -0.384. The number of nitro groups is 1. The minimum absolute atomic E-state index is 0.0137. The van der Waals surface area contributed by atoms with Crippen molar-refractivity contribution in [3.05, 3.63) is 130 Å². The molecule has 1 aliphatic carbocycles. The van der Waals surface area contributed by atoms with Crippen molar-refractivity contribution < 1.29 is 9.72 Å². The van der Waals surface area contributed by atoms with Gasteiger partial charge in [0.2, 0.25) is 0 Å². The Bertz CT molecular complexity index is 1310. The molecule has 2 unspecified atom stereocenters. The smallest absolute Gasteiger partial charge is 0.269 e. The second-order valence-electron chi connectivity index (χ2n) is 10.4. The topological polar surface area (TPSA) is 88.4 Å². The van der Waals surface area contributed by atoms with E-state index < -0.39 is 0 Å². The van der Waals surface area contributed by atoms with Gasteiger partial charge in [0.05, 0.1) is 4.92 Å². The Kier molecular flexibility index (Phi) is 8.27. The van der Waals surface area contributed by atoms with E-state index in [9.17, 15) is 14.9 Å². The minimum atomic E-state index is -0.385. The van der Waals surface area contributed by atoms with Crippen LogP contribution in [0.25, 0.3) is 0 Å². The van der Waals surface area contributed by atoms with E-state index in [2.05, 4.69) is 69.8 Å². The summed E-state index contributed by atoms with van der Waals surface area (Å²) in [6, 6.07) is 22.9. The van der Waals surface area contributed by atoms with Gasteiger partial charge >= 0.3 is 0 Å². The van der Waals surface area contributed by atoms with Crippen LogP contribution in [0.15, 0.2) is 103 Å². The fraction of sp³-hybridized carbons (Fsp3) is 0.312. The summed E-state index contributed by atoms with van der Waals surface area (Å²) in [6.45, 7) is 3.07. The number of aromatic nitrogens is 1. The van der Waals surface area contributed by atoms with Crippen LogP contribution in [0, 0.1) is 16.0 Å². The van der Waals surface area contributed by atoms with Crippen LogP contribution in [0.4, 0.5) is 5.69 Å². The summed E-state index contributed by atoms with van der Waals surface area (Å²) in [5, 5.41) is 14.2. The minimum Gasteiger partial charge on any atom is -0.350 e. The molecule has 7 nitrogen and oxygen atoms in total. The molecule has 0 saturated carbocycles. The highest BCUT2D eigenvalue weighted by molar-refractivity contribution is 5.92. The summed E-state index contributed by atoms with van der Waals surface area (Å²) in [5.74, 6) is 0.233. The Morgan fingerprint density at radius 1 is 1.03 bits per heavy atom. The predicted octanol–water partition coefficient (Wildman–Crippen LogP) is 5.67. The summed E-state index contributed by atoms with van der Waals surface area (Å²) in [7, 11) is 0. The number of hydrogen-bond donors (Lipinski definition) is 1. The number of piperidine rings is 1. The monoisotopic (exact) mass is 522 g/mol. The third kappa shape index (κ3) is 6.15. The molecule has 0 bridgehead atoms. The molecule has 2 atom stereocenters. The summed E-state index contributed by atoms with van der Waals surface area (Å²) < 4.78 is 0. The molecule has 7 heteroatoms. The normalized spacial score (nSPS) is 19.3. The molecule has 0 spiro atoms. The highest BCUT2D eigenvalue weighted by Crippen LogP contribution is 2.45. The van der Waals surface area contributed by atoms with Crippen LogP contribution in [-0.2, 0) is 5.41 Å². The molecule has 2 aromatic carbocycles. The van der Waals surface area contributed by atoms with Crippen molar-refractivity contribution in [1.82, 2.24) is 15.2 Å². The van der Waals surface area contributed by atoms with Gasteiger partial charge in [-0.15, -0.1) is 0 Å². The number of pyridine rings is 1. The number of rotatable bonds is 9. The van der Waals surface area contributed by atoms with Crippen molar-refractivity contribution in [3.63, 3.8) is 0 Å². The Balaban J connectivity index is 1.32.